The molecule has 2 aromatic heterocycles. The summed E-state index contributed by atoms with van der Waals surface area (Å²) in [7, 11) is 3.99. The number of aromatic nitrogens is 1. The van der Waals surface area contributed by atoms with Crippen LogP contribution in [0.2, 0.25) is 0 Å². The molecule has 5 nitrogen and oxygen atoms in total. The second kappa shape index (κ2) is 6.14. The van der Waals surface area contributed by atoms with E-state index >= 15 is 0 Å². The zero-order valence-corrected chi connectivity index (χ0v) is 12.4. The van der Waals surface area contributed by atoms with Crippen LogP contribution in [0.3, 0.4) is 0 Å². The second-order valence-corrected chi connectivity index (χ2v) is 6.14. The predicted molar refractivity (Wildman–Crippen MR) is 79.6 cm³/mol. The molecule has 0 aliphatic carbocycles. The van der Waals surface area contributed by atoms with E-state index in [2.05, 4.69) is 21.3 Å². The van der Waals surface area contributed by atoms with Gasteiger partial charge in [-0.3, -0.25) is 4.79 Å². The highest BCUT2D eigenvalue weighted by Gasteiger charge is 2.17. The molecule has 0 aliphatic rings. The Kier molecular flexibility index (Phi) is 4.52. The van der Waals surface area contributed by atoms with Crippen molar-refractivity contribution in [2.45, 2.75) is 6.04 Å². The molecule has 0 saturated heterocycles. The summed E-state index contributed by atoms with van der Waals surface area (Å²) in [6.45, 7) is 0.545. The van der Waals surface area contributed by atoms with Crippen LogP contribution in [0.5, 0.6) is 0 Å². The van der Waals surface area contributed by atoms with Crippen molar-refractivity contribution < 1.29 is 4.79 Å². The number of hydrogen-bond acceptors (Lipinski definition) is 6. The van der Waals surface area contributed by atoms with E-state index in [1.807, 2.05) is 25.5 Å². The number of amides is 1. The highest BCUT2D eigenvalue weighted by molar-refractivity contribution is 7.13. The van der Waals surface area contributed by atoms with Crippen LogP contribution in [0.15, 0.2) is 22.9 Å². The summed E-state index contributed by atoms with van der Waals surface area (Å²) in [6, 6.07) is 4.25. The first-order chi connectivity index (χ1) is 9.08. The lowest BCUT2D eigenvalue weighted by molar-refractivity contribution is 0.0938. The Morgan fingerprint density at radius 1 is 1.53 bits per heavy atom. The standard InChI is InChI=1S/C12H16N4OS2/c1-16(2)9(10-4-3-5-18-10)6-14-11(17)8-7-19-12(13)15-8/h3-5,7,9H,6H2,1-2H3,(H2,13,15)(H,14,17). The van der Waals surface area contributed by atoms with E-state index < -0.39 is 0 Å². The Hall–Kier alpha value is -1.44. The van der Waals surface area contributed by atoms with Crippen LogP contribution in [0.25, 0.3) is 0 Å². The van der Waals surface area contributed by atoms with Crippen LogP contribution in [-0.4, -0.2) is 36.4 Å². The molecule has 2 aromatic rings. The lowest BCUT2D eigenvalue weighted by Crippen LogP contribution is -2.34. The number of thiazole rings is 1. The normalized spacial score (nSPS) is 12.6. The summed E-state index contributed by atoms with van der Waals surface area (Å²) in [5.74, 6) is -0.184. The minimum absolute atomic E-state index is 0.167. The monoisotopic (exact) mass is 296 g/mol. The summed E-state index contributed by atoms with van der Waals surface area (Å²) in [6.07, 6.45) is 0. The number of rotatable bonds is 5. The summed E-state index contributed by atoms with van der Waals surface area (Å²) >= 11 is 2.95. The van der Waals surface area contributed by atoms with E-state index in [4.69, 9.17) is 5.73 Å². The Morgan fingerprint density at radius 2 is 2.32 bits per heavy atom. The fourth-order valence-electron chi connectivity index (χ4n) is 1.69. The number of anilines is 1. The number of thiophene rings is 1. The topological polar surface area (TPSA) is 71.2 Å². The Labute approximate surface area is 120 Å². The summed E-state index contributed by atoms with van der Waals surface area (Å²) < 4.78 is 0. The van der Waals surface area contributed by atoms with Gasteiger partial charge in [0.15, 0.2) is 5.13 Å². The molecule has 1 amide bonds. The molecule has 2 rings (SSSR count). The first-order valence-corrected chi connectivity index (χ1v) is 7.53. The summed E-state index contributed by atoms with van der Waals surface area (Å²) in [5.41, 5.74) is 5.90. The zero-order valence-electron chi connectivity index (χ0n) is 10.8. The van der Waals surface area contributed by atoms with Gasteiger partial charge in [-0.1, -0.05) is 6.07 Å². The summed E-state index contributed by atoms with van der Waals surface area (Å²) in [5, 5.41) is 7.01. The van der Waals surface area contributed by atoms with Crippen molar-refractivity contribution in [1.82, 2.24) is 15.2 Å². The molecule has 0 saturated carbocycles. The van der Waals surface area contributed by atoms with E-state index in [9.17, 15) is 4.79 Å². The van der Waals surface area contributed by atoms with E-state index in [1.54, 1.807) is 16.7 Å². The molecule has 0 spiro atoms. The largest absolute Gasteiger partial charge is 0.375 e. The maximum atomic E-state index is 11.9. The van der Waals surface area contributed by atoms with E-state index in [0.29, 0.717) is 17.4 Å². The molecule has 0 aromatic carbocycles. The van der Waals surface area contributed by atoms with Gasteiger partial charge in [-0.05, 0) is 25.5 Å². The van der Waals surface area contributed by atoms with Gasteiger partial charge in [0.2, 0.25) is 0 Å². The van der Waals surface area contributed by atoms with Gasteiger partial charge in [-0.15, -0.1) is 22.7 Å². The summed E-state index contributed by atoms with van der Waals surface area (Å²) in [4.78, 5) is 19.2. The zero-order chi connectivity index (χ0) is 13.8. The molecule has 19 heavy (non-hydrogen) atoms. The van der Waals surface area contributed by atoms with Crippen LogP contribution in [-0.2, 0) is 0 Å². The van der Waals surface area contributed by atoms with Gasteiger partial charge in [0.25, 0.3) is 5.91 Å². The van der Waals surface area contributed by atoms with Crippen LogP contribution in [0.1, 0.15) is 21.4 Å². The van der Waals surface area contributed by atoms with Crippen molar-refractivity contribution in [3.63, 3.8) is 0 Å². The molecule has 0 aliphatic heterocycles. The minimum Gasteiger partial charge on any atom is -0.375 e. The van der Waals surface area contributed by atoms with Crippen molar-refractivity contribution in [2.75, 3.05) is 26.4 Å². The fourth-order valence-corrected chi connectivity index (χ4v) is 3.16. The average molecular weight is 296 g/mol. The van der Waals surface area contributed by atoms with Crippen LogP contribution >= 0.6 is 22.7 Å². The van der Waals surface area contributed by atoms with Crippen LogP contribution < -0.4 is 11.1 Å². The molecule has 102 valence electrons. The molecule has 0 fully saturated rings. The van der Waals surface area contributed by atoms with Crippen molar-refractivity contribution in [3.8, 4) is 0 Å². The Morgan fingerprint density at radius 3 is 2.84 bits per heavy atom. The first kappa shape index (κ1) is 14.0. The SMILES string of the molecule is CN(C)C(CNC(=O)c1csc(N)n1)c1cccs1. The minimum atomic E-state index is -0.184. The lowest BCUT2D eigenvalue weighted by Gasteiger charge is -2.23. The predicted octanol–water partition coefficient (Wildman–Crippen LogP) is 1.82. The number of nitrogen functional groups attached to an aromatic ring is 1. The van der Waals surface area contributed by atoms with Crippen molar-refractivity contribution in [2.24, 2.45) is 0 Å². The maximum absolute atomic E-state index is 11.9. The average Bonchev–Trinajstić information content (AvgIpc) is 3.00. The molecular formula is C12H16N4OS2. The molecule has 0 radical (unpaired) electrons. The van der Waals surface area contributed by atoms with E-state index in [1.165, 1.54) is 16.2 Å². The van der Waals surface area contributed by atoms with Gasteiger partial charge in [0.1, 0.15) is 5.69 Å². The third kappa shape index (κ3) is 3.52. The molecule has 7 heteroatoms. The molecule has 1 atom stereocenters. The van der Waals surface area contributed by atoms with Crippen LogP contribution in [0, 0.1) is 0 Å². The quantitative estimate of drug-likeness (QED) is 0.883. The highest BCUT2D eigenvalue weighted by Crippen LogP contribution is 2.22. The van der Waals surface area contributed by atoms with Gasteiger partial charge in [-0.25, -0.2) is 4.98 Å². The van der Waals surface area contributed by atoms with Gasteiger partial charge in [0.05, 0.1) is 6.04 Å². The number of carbonyl (C=O) groups excluding carboxylic acids is 1. The Balaban J connectivity index is 1.98. The van der Waals surface area contributed by atoms with Gasteiger partial charge >= 0.3 is 0 Å². The number of nitrogens with one attached hydrogen (secondary N) is 1. The maximum Gasteiger partial charge on any atom is 0.270 e. The number of nitrogens with two attached hydrogens (primary N) is 1. The smallest absolute Gasteiger partial charge is 0.270 e. The molecule has 0 bridgehead atoms. The van der Waals surface area contributed by atoms with Gasteiger partial charge < -0.3 is 16.0 Å². The molecule has 2 heterocycles. The molecule has 1 unspecified atom stereocenters. The number of hydrogen-bond donors (Lipinski definition) is 2. The van der Waals surface area contributed by atoms with Gasteiger partial charge in [0, 0.05) is 16.8 Å². The number of likely N-dealkylation sites (N-methyl/N-ethyl adjacent to an activating group) is 1. The van der Waals surface area contributed by atoms with Crippen molar-refractivity contribution in [1.29, 1.82) is 0 Å². The van der Waals surface area contributed by atoms with E-state index in [-0.39, 0.29) is 11.9 Å². The lowest BCUT2D eigenvalue weighted by atomic mass is 10.2. The first-order valence-electron chi connectivity index (χ1n) is 5.77. The van der Waals surface area contributed by atoms with Crippen molar-refractivity contribution in [3.05, 3.63) is 33.5 Å². The fraction of sp³-hybridized carbons (Fsp3) is 0.333. The number of carbonyl (C=O) groups is 1. The van der Waals surface area contributed by atoms with Crippen LogP contribution in [0.4, 0.5) is 5.13 Å². The molecular weight excluding hydrogens is 280 g/mol. The number of nitrogens with zero attached hydrogens (tertiary/aromatic N) is 2. The second-order valence-electron chi connectivity index (χ2n) is 4.28. The third-order valence-corrected chi connectivity index (χ3v) is 4.35. The molecule has 3 N–H and O–H groups in total. The highest BCUT2D eigenvalue weighted by atomic mass is 32.1. The van der Waals surface area contributed by atoms with E-state index in [0.717, 1.165) is 0 Å². The van der Waals surface area contributed by atoms with Gasteiger partial charge in [-0.2, -0.15) is 0 Å². The Bertz CT molecular complexity index is 536. The third-order valence-electron chi connectivity index (χ3n) is 2.71. The van der Waals surface area contributed by atoms with Crippen molar-refractivity contribution >= 4 is 33.7 Å².